The molecule has 2 aliphatic heterocycles. The molecule has 1 aromatic heterocycles. The quantitative estimate of drug-likeness (QED) is 0.845. The number of rotatable bonds is 4. The zero-order chi connectivity index (χ0) is 15.6. The Labute approximate surface area is 143 Å². The predicted molar refractivity (Wildman–Crippen MR) is 94.2 cm³/mol. The number of anilines is 1. The third-order valence-corrected chi connectivity index (χ3v) is 4.79. The van der Waals surface area contributed by atoms with Crippen molar-refractivity contribution in [2.75, 3.05) is 50.7 Å². The number of hydrogen-bond acceptors (Lipinski definition) is 5. The van der Waals surface area contributed by atoms with Crippen LogP contribution in [0.3, 0.4) is 0 Å². The smallest absolute Gasteiger partial charge is 0.252 e. The van der Waals surface area contributed by atoms with Crippen molar-refractivity contribution in [1.82, 2.24) is 15.2 Å². The highest BCUT2D eigenvalue weighted by Gasteiger charge is 2.32. The van der Waals surface area contributed by atoms with E-state index in [-0.39, 0.29) is 12.4 Å². The molecule has 0 saturated carbocycles. The Morgan fingerprint density at radius 1 is 1.39 bits per heavy atom. The lowest BCUT2D eigenvalue weighted by atomic mass is 9.89. The van der Waals surface area contributed by atoms with E-state index in [0.717, 1.165) is 51.6 Å². The molecule has 2 aliphatic rings. The molecule has 6 nitrogen and oxygen atoms in total. The van der Waals surface area contributed by atoms with Gasteiger partial charge in [0.2, 0.25) is 0 Å². The highest BCUT2D eigenvalue weighted by molar-refractivity contribution is 5.97. The fraction of sp³-hybridized carbons (Fsp3) is 0.625. The van der Waals surface area contributed by atoms with Gasteiger partial charge in [0.1, 0.15) is 5.82 Å². The summed E-state index contributed by atoms with van der Waals surface area (Å²) in [6.45, 7) is 9.53. The molecule has 0 radical (unpaired) electrons. The number of nitrogens with one attached hydrogen (secondary N) is 1. The number of nitrogens with two attached hydrogens (primary N) is 1. The first-order valence-electron chi connectivity index (χ1n) is 8.00. The first kappa shape index (κ1) is 18.0. The number of hydrogen-bond donors (Lipinski definition) is 2. The summed E-state index contributed by atoms with van der Waals surface area (Å²) >= 11 is 0. The molecule has 128 valence electrons. The Morgan fingerprint density at radius 3 is 2.74 bits per heavy atom. The largest absolute Gasteiger partial charge is 0.365 e. The van der Waals surface area contributed by atoms with Crippen LogP contribution in [0.5, 0.6) is 0 Å². The van der Waals surface area contributed by atoms with Crippen molar-refractivity contribution in [2.24, 2.45) is 11.1 Å². The van der Waals surface area contributed by atoms with Gasteiger partial charge in [-0.2, -0.15) is 0 Å². The fourth-order valence-electron chi connectivity index (χ4n) is 3.50. The van der Waals surface area contributed by atoms with Crippen molar-refractivity contribution in [3.8, 4) is 0 Å². The van der Waals surface area contributed by atoms with Gasteiger partial charge in [0, 0.05) is 45.5 Å². The predicted octanol–water partition coefficient (Wildman–Crippen LogP) is 0.724. The summed E-state index contributed by atoms with van der Waals surface area (Å²) in [7, 11) is 0. The normalized spacial score (nSPS) is 25.2. The van der Waals surface area contributed by atoms with Crippen LogP contribution in [0.2, 0.25) is 0 Å². The molecule has 1 atom stereocenters. The summed E-state index contributed by atoms with van der Waals surface area (Å²) in [4.78, 5) is 20.6. The van der Waals surface area contributed by atoms with Gasteiger partial charge in [-0.05, 0) is 30.5 Å². The van der Waals surface area contributed by atoms with Crippen LogP contribution in [0.4, 0.5) is 5.82 Å². The van der Waals surface area contributed by atoms with Crippen LogP contribution in [-0.4, -0.2) is 61.6 Å². The fourth-order valence-corrected chi connectivity index (χ4v) is 3.50. The van der Waals surface area contributed by atoms with Crippen LogP contribution in [0.1, 0.15) is 23.7 Å². The molecular weight excluding hydrogens is 314 g/mol. The third kappa shape index (κ3) is 4.13. The minimum atomic E-state index is -0.407. The summed E-state index contributed by atoms with van der Waals surface area (Å²) in [5.74, 6) is 0.318. The molecule has 2 fully saturated rings. The first-order chi connectivity index (χ1) is 10.6. The van der Waals surface area contributed by atoms with Gasteiger partial charge in [0.25, 0.3) is 5.91 Å². The van der Waals surface area contributed by atoms with Gasteiger partial charge in [-0.1, -0.05) is 6.92 Å². The number of carbonyl (C=O) groups is 1. The Morgan fingerprint density at radius 2 is 2.13 bits per heavy atom. The second kappa shape index (κ2) is 7.47. The summed E-state index contributed by atoms with van der Waals surface area (Å²) in [6.07, 6.45) is 2.97. The van der Waals surface area contributed by atoms with Gasteiger partial charge in [-0.3, -0.25) is 9.69 Å². The zero-order valence-corrected chi connectivity index (χ0v) is 14.4. The van der Waals surface area contributed by atoms with Gasteiger partial charge < -0.3 is 16.0 Å². The van der Waals surface area contributed by atoms with E-state index in [0.29, 0.717) is 11.0 Å². The number of primary amides is 1. The van der Waals surface area contributed by atoms with E-state index in [1.165, 1.54) is 6.42 Å². The van der Waals surface area contributed by atoms with E-state index in [2.05, 4.69) is 27.0 Å². The molecule has 1 unspecified atom stereocenters. The molecule has 0 spiro atoms. The number of pyridine rings is 1. The second-order valence-electron chi connectivity index (χ2n) is 6.74. The van der Waals surface area contributed by atoms with Crippen LogP contribution in [0.15, 0.2) is 18.3 Å². The molecule has 3 N–H and O–H groups in total. The summed E-state index contributed by atoms with van der Waals surface area (Å²) in [6, 6.07) is 3.51. The Kier molecular flexibility index (Phi) is 5.84. The molecule has 3 heterocycles. The molecule has 23 heavy (non-hydrogen) atoms. The molecule has 3 rings (SSSR count). The molecule has 2 saturated heterocycles. The highest BCUT2D eigenvalue weighted by atomic mass is 35.5. The minimum Gasteiger partial charge on any atom is -0.365 e. The molecule has 7 heteroatoms. The van der Waals surface area contributed by atoms with Crippen molar-refractivity contribution in [3.05, 3.63) is 23.9 Å². The Balaban J connectivity index is 0.00000192. The van der Waals surface area contributed by atoms with Crippen molar-refractivity contribution >= 4 is 24.1 Å². The number of piperazine rings is 1. The van der Waals surface area contributed by atoms with E-state index in [9.17, 15) is 4.79 Å². The summed E-state index contributed by atoms with van der Waals surface area (Å²) in [5, 5.41) is 3.46. The van der Waals surface area contributed by atoms with Crippen LogP contribution in [0.25, 0.3) is 0 Å². The maximum absolute atomic E-state index is 11.5. The van der Waals surface area contributed by atoms with Crippen molar-refractivity contribution < 1.29 is 4.79 Å². The molecule has 0 aliphatic carbocycles. The second-order valence-corrected chi connectivity index (χ2v) is 6.74. The SMILES string of the molecule is CC1(CN2CCN(c3ncccc3C(N)=O)CC2)CCNC1.Cl. The monoisotopic (exact) mass is 339 g/mol. The van der Waals surface area contributed by atoms with Gasteiger partial charge in [0.05, 0.1) is 5.56 Å². The van der Waals surface area contributed by atoms with Crippen LogP contribution < -0.4 is 16.0 Å². The standard InChI is InChI=1S/C16H25N5O.ClH/c1-16(4-6-18-11-16)12-20-7-9-21(10-8-20)15-13(14(17)22)3-2-5-19-15;/h2-3,5,18H,4,6-12H2,1H3,(H2,17,22);1H. The maximum Gasteiger partial charge on any atom is 0.252 e. The topological polar surface area (TPSA) is 74.5 Å². The summed E-state index contributed by atoms with van der Waals surface area (Å²) in [5.41, 5.74) is 6.36. The van der Waals surface area contributed by atoms with Crippen LogP contribution in [0, 0.1) is 5.41 Å². The lowest BCUT2D eigenvalue weighted by molar-refractivity contribution is 0.1000. The van der Waals surface area contributed by atoms with Crippen molar-refractivity contribution in [2.45, 2.75) is 13.3 Å². The van der Waals surface area contributed by atoms with E-state index in [1.807, 2.05) is 0 Å². The maximum atomic E-state index is 11.5. The van der Waals surface area contributed by atoms with Crippen molar-refractivity contribution in [1.29, 1.82) is 0 Å². The van der Waals surface area contributed by atoms with E-state index < -0.39 is 5.91 Å². The molecule has 0 aromatic carbocycles. The lowest BCUT2D eigenvalue weighted by Gasteiger charge is -2.39. The first-order valence-corrected chi connectivity index (χ1v) is 8.00. The van der Waals surface area contributed by atoms with Gasteiger partial charge in [0.15, 0.2) is 0 Å². The average Bonchev–Trinajstić information content (AvgIpc) is 2.94. The average molecular weight is 340 g/mol. The Bertz CT molecular complexity index is 539. The summed E-state index contributed by atoms with van der Waals surface area (Å²) < 4.78 is 0. The molecule has 0 bridgehead atoms. The number of carbonyl (C=O) groups excluding carboxylic acids is 1. The van der Waals surface area contributed by atoms with E-state index in [4.69, 9.17) is 5.73 Å². The number of halogens is 1. The van der Waals surface area contributed by atoms with E-state index in [1.54, 1.807) is 18.3 Å². The van der Waals surface area contributed by atoms with Crippen molar-refractivity contribution in [3.63, 3.8) is 0 Å². The van der Waals surface area contributed by atoms with Crippen LogP contribution in [-0.2, 0) is 0 Å². The third-order valence-electron chi connectivity index (χ3n) is 4.79. The van der Waals surface area contributed by atoms with E-state index >= 15 is 0 Å². The van der Waals surface area contributed by atoms with Gasteiger partial charge in [-0.15, -0.1) is 12.4 Å². The Hall–Kier alpha value is -1.37. The number of aromatic nitrogens is 1. The molecule has 1 amide bonds. The van der Waals surface area contributed by atoms with Gasteiger partial charge >= 0.3 is 0 Å². The lowest BCUT2D eigenvalue weighted by Crippen LogP contribution is -2.50. The number of nitrogens with zero attached hydrogens (tertiary/aromatic N) is 3. The zero-order valence-electron chi connectivity index (χ0n) is 13.6. The highest BCUT2D eigenvalue weighted by Crippen LogP contribution is 2.27. The molecule has 1 aromatic rings. The van der Waals surface area contributed by atoms with Gasteiger partial charge in [-0.25, -0.2) is 4.98 Å². The van der Waals surface area contributed by atoms with Crippen LogP contribution >= 0.6 is 12.4 Å². The minimum absolute atomic E-state index is 0. The number of amides is 1. The molecular formula is C16H26ClN5O.